The van der Waals surface area contributed by atoms with Gasteiger partial charge in [0, 0.05) is 67.5 Å². The molecule has 2 saturated heterocycles. The van der Waals surface area contributed by atoms with Crippen molar-refractivity contribution in [2.24, 2.45) is 0 Å². The van der Waals surface area contributed by atoms with Crippen LogP contribution in [0, 0.1) is 13.8 Å². The second kappa shape index (κ2) is 14.1. The molecule has 0 aliphatic carbocycles. The van der Waals surface area contributed by atoms with Gasteiger partial charge in [-0.1, -0.05) is 43.7 Å². The Morgan fingerprint density at radius 2 is 1.61 bits per heavy atom. The van der Waals surface area contributed by atoms with Gasteiger partial charge in [-0.05, 0) is 81.6 Å². The number of carbonyl (C=O) groups excluding carboxylic acids is 3. The molecule has 1 atom stereocenters. The van der Waals surface area contributed by atoms with Crippen LogP contribution in [0.15, 0.2) is 48.5 Å². The lowest BCUT2D eigenvalue weighted by Gasteiger charge is -2.36. The van der Waals surface area contributed by atoms with Crippen molar-refractivity contribution in [1.82, 2.24) is 25.0 Å². The molecule has 242 valence electrons. The van der Waals surface area contributed by atoms with Crippen LogP contribution in [0.3, 0.4) is 0 Å². The number of hydrogen-bond donors (Lipinski definition) is 3. The Hall–Kier alpha value is -4.21. The summed E-state index contributed by atoms with van der Waals surface area (Å²) < 4.78 is 0. The number of hydrogen-bond acceptors (Lipinski definition) is 5. The summed E-state index contributed by atoms with van der Waals surface area (Å²) in [7, 11) is 0. The van der Waals surface area contributed by atoms with Crippen molar-refractivity contribution in [3.05, 3.63) is 87.7 Å². The monoisotopic (exact) mass is 622 g/mol. The highest BCUT2D eigenvalue weighted by Gasteiger charge is 2.29. The number of carbonyl (C=O) groups is 3. The van der Waals surface area contributed by atoms with Crippen LogP contribution in [0.4, 0.5) is 5.69 Å². The predicted octanol–water partition coefficient (Wildman–Crippen LogP) is 5.25. The number of aromatic nitrogens is 1. The Bertz CT molecular complexity index is 1610. The molecular formula is C37H46N6O3. The molecule has 3 N–H and O–H groups in total. The van der Waals surface area contributed by atoms with Crippen molar-refractivity contribution in [2.45, 2.75) is 52.5 Å². The number of nitrogens with zero attached hydrogens (tertiary/aromatic N) is 3. The van der Waals surface area contributed by atoms with Crippen LogP contribution in [-0.2, 0) is 4.79 Å². The molecule has 3 aliphatic heterocycles. The summed E-state index contributed by atoms with van der Waals surface area (Å²) in [4.78, 5) is 50.5. The fourth-order valence-corrected chi connectivity index (χ4v) is 7.00. The van der Waals surface area contributed by atoms with Gasteiger partial charge in [0.25, 0.3) is 17.7 Å². The number of amides is 3. The number of piperazine rings is 1. The number of aryl methyl sites for hydroxylation is 1. The standard InChI is InChI=1S/C37H46N6O3/c1-4-31(27-11-7-5-8-12-27)39-35(44)28-13-14-32-29(23-28)30(36(45)40-32)24-33-25(2)34(26(3)38-33)37(46)43-21-19-42(20-22-43)18-17-41-15-9-6-10-16-41/h5,7-8,11-14,23-24,31,38H,4,6,9-10,15-22H2,1-3H3,(H,39,44)(H,40,45)/b30-24-/t31-/m1/s1. The van der Waals surface area contributed by atoms with Gasteiger partial charge in [0.2, 0.25) is 0 Å². The van der Waals surface area contributed by atoms with E-state index in [0.717, 1.165) is 55.1 Å². The third-order valence-electron chi connectivity index (χ3n) is 9.80. The number of fused-ring (bicyclic) bond motifs is 1. The van der Waals surface area contributed by atoms with E-state index in [1.807, 2.05) is 56.0 Å². The minimum absolute atomic E-state index is 0.0331. The van der Waals surface area contributed by atoms with E-state index < -0.39 is 0 Å². The zero-order valence-electron chi connectivity index (χ0n) is 27.3. The summed E-state index contributed by atoms with van der Waals surface area (Å²) in [5.74, 6) is -0.391. The van der Waals surface area contributed by atoms with Crippen molar-refractivity contribution in [3.63, 3.8) is 0 Å². The van der Waals surface area contributed by atoms with Gasteiger partial charge >= 0.3 is 0 Å². The molecule has 0 saturated carbocycles. The topological polar surface area (TPSA) is 101 Å². The van der Waals surface area contributed by atoms with Gasteiger partial charge < -0.3 is 25.4 Å². The first kappa shape index (κ1) is 31.8. The summed E-state index contributed by atoms with van der Waals surface area (Å²) in [6.07, 6.45) is 6.52. The maximum absolute atomic E-state index is 13.7. The molecule has 9 heteroatoms. The Balaban J connectivity index is 1.14. The molecule has 0 spiro atoms. The van der Waals surface area contributed by atoms with Crippen LogP contribution < -0.4 is 10.6 Å². The molecular weight excluding hydrogens is 576 g/mol. The van der Waals surface area contributed by atoms with Crippen molar-refractivity contribution < 1.29 is 14.4 Å². The fraction of sp³-hybridized carbons (Fsp3) is 0.432. The number of likely N-dealkylation sites (tertiary alicyclic amines) is 1. The minimum atomic E-state index is -0.233. The number of H-pyrrole nitrogens is 1. The molecule has 3 amide bonds. The number of benzene rings is 2. The van der Waals surface area contributed by atoms with Gasteiger partial charge in [0.1, 0.15) is 0 Å². The lowest BCUT2D eigenvalue weighted by molar-refractivity contribution is -0.110. The van der Waals surface area contributed by atoms with Gasteiger partial charge in [-0.3, -0.25) is 19.3 Å². The lowest BCUT2D eigenvalue weighted by atomic mass is 10.0. The van der Waals surface area contributed by atoms with Gasteiger partial charge in [-0.15, -0.1) is 0 Å². The smallest absolute Gasteiger partial charge is 0.256 e. The summed E-state index contributed by atoms with van der Waals surface area (Å²) in [5, 5.41) is 6.06. The van der Waals surface area contributed by atoms with Gasteiger partial charge in [-0.25, -0.2) is 0 Å². The van der Waals surface area contributed by atoms with E-state index in [2.05, 4.69) is 25.4 Å². The van der Waals surface area contributed by atoms with Crippen molar-refractivity contribution >= 4 is 35.1 Å². The number of rotatable bonds is 9. The Morgan fingerprint density at radius 3 is 2.30 bits per heavy atom. The van der Waals surface area contributed by atoms with Crippen LogP contribution in [0.2, 0.25) is 0 Å². The molecule has 2 aromatic carbocycles. The first-order valence-electron chi connectivity index (χ1n) is 16.8. The Morgan fingerprint density at radius 1 is 0.913 bits per heavy atom. The van der Waals surface area contributed by atoms with Crippen molar-refractivity contribution in [3.8, 4) is 0 Å². The Kier molecular flexibility index (Phi) is 9.70. The van der Waals surface area contributed by atoms with Gasteiger partial charge in [0.15, 0.2) is 0 Å². The van der Waals surface area contributed by atoms with Gasteiger partial charge in [0.05, 0.1) is 17.2 Å². The van der Waals surface area contributed by atoms with Crippen LogP contribution in [-0.4, -0.2) is 89.8 Å². The van der Waals surface area contributed by atoms with Crippen LogP contribution >= 0.6 is 0 Å². The quantitative estimate of drug-likeness (QED) is 0.283. The summed E-state index contributed by atoms with van der Waals surface area (Å²) in [5.41, 5.74) is 6.35. The molecule has 46 heavy (non-hydrogen) atoms. The van der Waals surface area contributed by atoms with Gasteiger partial charge in [-0.2, -0.15) is 0 Å². The average Bonchev–Trinajstić information content (AvgIpc) is 3.55. The maximum atomic E-state index is 13.7. The Labute approximate surface area is 272 Å². The first-order valence-corrected chi connectivity index (χ1v) is 16.8. The number of aromatic amines is 1. The second-order valence-corrected chi connectivity index (χ2v) is 12.8. The summed E-state index contributed by atoms with van der Waals surface area (Å²) in [6.45, 7) is 13.7. The zero-order valence-corrected chi connectivity index (χ0v) is 27.3. The normalized spacial score (nSPS) is 18.8. The highest BCUT2D eigenvalue weighted by Crippen LogP contribution is 2.35. The number of piperidine rings is 1. The lowest BCUT2D eigenvalue weighted by Crippen LogP contribution is -2.50. The van der Waals surface area contributed by atoms with E-state index in [1.54, 1.807) is 24.3 Å². The first-order chi connectivity index (χ1) is 22.3. The van der Waals surface area contributed by atoms with Crippen LogP contribution in [0.25, 0.3) is 11.6 Å². The van der Waals surface area contributed by atoms with E-state index in [-0.39, 0.29) is 23.8 Å². The van der Waals surface area contributed by atoms with E-state index in [0.29, 0.717) is 41.0 Å². The minimum Gasteiger partial charge on any atom is -0.358 e. The predicted molar refractivity (Wildman–Crippen MR) is 183 cm³/mol. The maximum Gasteiger partial charge on any atom is 0.256 e. The SMILES string of the molecule is CC[C@@H](NC(=O)c1ccc2c(c1)/C(=C/c1[nH]c(C)c(C(=O)N3CCN(CCN4CCCCC4)CC3)c1C)C(=O)N2)c1ccccc1. The fourth-order valence-electron chi connectivity index (χ4n) is 7.00. The molecule has 0 unspecified atom stereocenters. The molecule has 6 rings (SSSR count). The summed E-state index contributed by atoms with van der Waals surface area (Å²) >= 11 is 0. The average molecular weight is 623 g/mol. The third-order valence-corrected chi connectivity index (χ3v) is 9.80. The van der Waals surface area contributed by atoms with Crippen LogP contribution in [0.1, 0.15) is 87.4 Å². The highest BCUT2D eigenvalue weighted by molar-refractivity contribution is 6.35. The molecule has 9 nitrogen and oxygen atoms in total. The summed E-state index contributed by atoms with van der Waals surface area (Å²) in [6, 6.07) is 15.1. The molecule has 0 bridgehead atoms. The van der Waals surface area contributed by atoms with E-state index >= 15 is 0 Å². The second-order valence-electron chi connectivity index (χ2n) is 12.8. The third kappa shape index (κ3) is 6.81. The molecule has 3 aromatic rings. The number of nitrogens with one attached hydrogen (secondary N) is 3. The molecule has 0 radical (unpaired) electrons. The molecule has 1 aromatic heterocycles. The zero-order chi connectivity index (χ0) is 32.2. The largest absolute Gasteiger partial charge is 0.358 e. The van der Waals surface area contributed by atoms with Crippen molar-refractivity contribution in [2.75, 3.05) is 57.7 Å². The highest BCUT2D eigenvalue weighted by atomic mass is 16.2. The molecule has 4 heterocycles. The van der Waals surface area contributed by atoms with Crippen molar-refractivity contribution in [1.29, 1.82) is 0 Å². The van der Waals surface area contributed by atoms with E-state index in [1.165, 1.54) is 32.4 Å². The molecule has 2 fully saturated rings. The van der Waals surface area contributed by atoms with E-state index in [4.69, 9.17) is 0 Å². The molecule has 3 aliphatic rings. The van der Waals surface area contributed by atoms with Crippen LogP contribution in [0.5, 0.6) is 0 Å². The number of anilines is 1. The van der Waals surface area contributed by atoms with E-state index in [9.17, 15) is 14.4 Å².